The van der Waals surface area contributed by atoms with Crippen LogP contribution in [-0.2, 0) is 16.2 Å². The lowest BCUT2D eigenvalue weighted by Gasteiger charge is -2.27. The highest BCUT2D eigenvalue weighted by Crippen LogP contribution is 2.37. The maximum atomic E-state index is 12.7. The number of ether oxygens (including phenoxy) is 2. The van der Waals surface area contributed by atoms with E-state index in [0.717, 1.165) is 0 Å². The first-order valence-corrected chi connectivity index (χ1v) is 10.4. The molecule has 0 unspecified atom stereocenters. The summed E-state index contributed by atoms with van der Waals surface area (Å²) in [6.45, 7) is 3.78. The smallest absolute Gasteiger partial charge is 0.335 e. The lowest BCUT2D eigenvalue weighted by Crippen LogP contribution is -2.53. The number of carboxylic acids is 1. The van der Waals surface area contributed by atoms with Crippen molar-refractivity contribution in [3.05, 3.63) is 76.3 Å². The molecule has 2 aromatic carbocycles. The minimum atomic E-state index is -1.04. The average molecular weight is 487 g/mol. The van der Waals surface area contributed by atoms with Gasteiger partial charge in [-0.15, -0.1) is 6.58 Å². The molecule has 170 valence electrons. The van der Waals surface area contributed by atoms with Crippen LogP contribution in [0.15, 0.2) is 54.6 Å². The van der Waals surface area contributed by atoms with E-state index in [4.69, 9.17) is 38.4 Å². The van der Waals surface area contributed by atoms with E-state index < -0.39 is 17.8 Å². The van der Waals surface area contributed by atoms with E-state index >= 15 is 0 Å². The highest BCUT2D eigenvalue weighted by Gasteiger charge is 2.32. The molecule has 0 spiro atoms. The molecule has 10 heteroatoms. The number of amides is 2. The van der Waals surface area contributed by atoms with Crippen molar-refractivity contribution >= 4 is 52.8 Å². The Morgan fingerprint density at radius 2 is 2.06 bits per heavy atom. The van der Waals surface area contributed by atoms with Crippen LogP contribution in [-0.4, -0.2) is 46.6 Å². The van der Waals surface area contributed by atoms with Crippen molar-refractivity contribution in [2.45, 2.75) is 6.61 Å². The number of halogens is 1. The minimum Gasteiger partial charge on any atom is -0.493 e. The molecule has 3 rings (SSSR count). The van der Waals surface area contributed by atoms with E-state index in [2.05, 4.69) is 11.9 Å². The number of hydrogen-bond donors (Lipinski definition) is 2. The third-order valence-corrected chi connectivity index (χ3v) is 5.22. The first-order chi connectivity index (χ1) is 15.7. The zero-order valence-electron chi connectivity index (χ0n) is 17.5. The number of carbonyl (C=O) groups is 3. The Bertz CT molecular complexity index is 1190. The van der Waals surface area contributed by atoms with Gasteiger partial charge in [-0.25, -0.2) is 4.79 Å². The number of rotatable bonds is 8. The Morgan fingerprint density at radius 3 is 2.73 bits per heavy atom. The number of carboxylic acid groups (broad SMARTS) is 1. The van der Waals surface area contributed by atoms with Crippen molar-refractivity contribution < 1.29 is 29.0 Å². The zero-order chi connectivity index (χ0) is 24.1. The number of benzene rings is 2. The summed E-state index contributed by atoms with van der Waals surface area (Å²) in [4.78, 5) is 37.4. The van der Waals surface area contributed by atoms with Gasteiger partial charge in [0.25, 0.3) is 11.8 Å². The number of thiocarbonyl (C=S) groups is 1. The van der Waals surface area contributed by atoms with Gasteiger partial charge in [-0.2, -0.15) is 0 Å². The van der Waals surface area contributed by atoms with Crippen molar-refractivity contribution in [1.82, 2.24) is 10.2 Å². The van der Waals surface area contributed by atoms with Gasteiger partial charge in [0, 0.05) is 6.54 Å². The third-order valence-electron chi connectivity index (χ3n) is 4.62. The molecule has 1 saturated heterocycles. The van der Waals surface area contributed by atoms with E-state index in [1.165, 1.54) is 42.4 Å². The minimum absolute atomic E-state index is 0.00776. The molecule has 1 fully saturated rings. The van der Waals surface area contributed by atoms with Crippen LogP contribution in [0.5, 0.6) is 11.5 Å². The van der Waals surface area contributed by atoms with E-state index in [0.29, 0.717) is 11.1 Å². The molecule has 0 atom stereocenters. The Balaban J connectivity index is 1.88. The fourth-order valence-electron chi connectivity index (χ4n) is 3.07. The molecule has 1 heterocycles. The monoisotopic (exact) mass is 486 g/mol. The van der Waals surface area contributed by atoms with Gasteiger partial charge in [0.2, 0.25) is 0 Å². The van der Waals surface area contributed by atoms with Crippen molar-refractivity contribution in [3.8, 4) is 11.5 Å². The molecule has 8 nitrogen and oxygen atoms in total. The molecule has 0 bridgehead atoms. The second-order valence-corrected chi connectivity index (χ2v) is 7.64. The second-order valence-electron chi connectivity index (χ2n) is 6.85. The quantitative estimate of drug-likeness (QED) is 0.255. The summed E-state index contributed by atoms with van der Waals surface area (Å²) in [5, 5.41) is 11.8. The summed E-state index contributed by atoms with van der Waals surface area (Å²) in [5.41, 5.74) is 1.07. The molecule has 2 aromatic rings. The molecule has 0 radical (unpaired) electrons. The SMILES string of the molecule is C=CCN1C(=O)C(=Cc2cc(Cl)c(OCc3cccc(C(=O)O)c3)c(OC)c2)C(=O)NC1=S. The van der Waals surface area contributed by atoms with Crippen LogP contribution in [0.4, 0.5) is 0 Å². The number of aromatic carboxylic acids is 1. The maximum Gasteiger partial charge on any atom is 0.335 e. The fraction of sp³-hybridized carbons (Fsp3) is 0.130. The summed E-state index contributed by atoms with van der Waals surface area (Å²) < 4.78 is 11.2. The number of nitrogens with zero attached hydrogens (tertiary/aromatic N) is 1. The van der Waals surface area contributed by atoms with Gasteiger partial charge < -0.3 is 14.6 Å². The lowest BCUT2D eigenvalue weighted by atomic mass is 10.1. The molecule has 2 amide bonds. The Labute approximate surface area is 200 Å². The van der Waals surface area contributed by atoms with E-state index in [1.54, 1.807) is 18.2 Å². The fourth-order valence-corrected chi connectivity index (χ4v) is 3.59. The van der Waals surface area contributed by atoms with E-state index in [9.17, 15) is 14.4 Å². The van der Waals surface area contributed by atoms with Crippen molar-refractivity contribution in [3.63, 3.8) is 0 Å². The van der Waals surface area contributed by atoms with Gasteiger partial charge in [0.05, 0.1) is 17.7 Å². The molecule has 1 aliphatic heterocycles. The lowest BCUT2D eigenvalue weighted by molar-refractivity contribution is -0.128. The van der Waals surface area contributed by atoms with Gasteiger partial charge >= 0.3 is 5.97 Å². The third kappa shape index (κ3) is 5.39. The van der Waals surface area contributed by atoms with Crippen LogP contribution in [0.1, 0.15) is 21.5 Å². The zero-order valence-corrected chi connectivity index (χ0v) is 19.0. The van der Waals surface area contributed by atoms with E-state index in [-0.39, 0.29) is 45.9 Å². The summed E-state index contributed by atoms with van der Waals surface area (Å²) in [7, 11) is 1.42. The highest BCUT2D eigenvalue weighted by atomic mass is 35.5. The van der Waals surface area contributed by atoms with Crippen molar-refractivity contribution in [1.29, 1.82) is 0 Å². The van der Waals surface area contributed by atoms with Crippen LogP contribution in [0.25, 0.3) is 6.08 Å². The Hall–Kier alpha value is -3.69. The number of nitrogens with one attached hydrogen (secondary N) is 1. The van der Waals surface area contributed by atoms with Crippen LogP contribution in [0.3, 0.4) is 0 Å². The topological polar surface area (TPSA) is 105 Å². The van der Waals surface area contributed by atoms with Gasteiger partial charge in [-0.05, 0) is 53.7 Å². The van der Waals surface area contributed by atoms with Crippen molar-refractivity contribution in [2.75, 3.05) is 13.7 Å². The number of hydrogen-bond acceptors (Lipinski definition) is 6. The first kappa shape index (κ1) is 24.0. The number of methoxy groups -OCH3 is 1. The maximum absolute atomic E-state index is 12.7. The van der Waals surface area contributed by atoms with Crippen LogP contribution < -0.4 is 14.8 Å². The molecule has 2 N–H and O–H groups in total. The normalized spacial score (nSPS) is 14.8. The molecule has 0 saturated carbocycles. The standard InChI is InChI=1S/C23H19ClN2O6S/c1-3-7-26-21(28)16(20(27)25-23(26)33)9-14-10-17(24)19(18(11-14)31-2)32-12-13-5-4-6-15(8-13)22(29)30/h3-6,8-11H,1,7,12H2,2H3,(H,29,30)(H,25,27,33). The largest absolute Gasteiger partial charge is 0.493 e. The summed E-state index contributed by atoms with van der Waals surface area (Å²) in [5.74, 6) is -1.73. The Kier molecular flexibility index (Phi) is 7.47. The van der Waals surface area contributed by atoms with Gasteiger partial charge in [0.1, 0.15) is 12.2 Å². The van der Waals surface area contributed by atoms with Gasteiger partial charge in [-0.1, -0.05) is 29.8 Å². The second kappa shape index (κ2) is 10.3. The van der Waals surface area contributed by atoms with Crippen LogP contribution in [0, 0.1) is 0 Å². The van der Waals surface area contributed by atoms with Crippen LogP contribution in [0.2, 0.25) is 5.02 Å². The molecular formula is C23H19ClN2O6S. The predicted molar refractivity (Wildman–Crippen MR) is 126 cm³/mol. The molecule has 0 aliphatic carbocycles. The summed E-state index contributed by atoms with van der Waals surface area (Å²) in [6, 6.07) is 9.39. The van der Waals surface area contributed by atoms with Gasteiger partial charge in [0.15, 0.2) is 16.6 Å². The van der Waals surface area contributed by atoms with E-state index in [1.807, 2.05) is 0 Å². The molecular weight excluding hydrogens is 468 g/mol. The molecule has 1 aliphatic rings. The van der Waals surface area contributed by atoms with Crippen molar-refractivity contribution in [2.24, 2.45) is 0 Å². The Morgan fingerprint density at radius 1 is 1.30 bits per heavy atom. The summed E-state index contributed by atoms with van der Waals surface area (Å²) >= 11 is 11.4. The average Bonchev–Trinajstić information content (AvgIpc) is 2.78. The molecule has 0 aromatic heterocycles. The van der Waals surface area contributed by atoms with Gasteiger partial charge in [-0.3, -0.25) is 19.8 Å². The first-order valence-electron chi connectivity index (χ1n) is 9.57. The molecule has 33 heavy (non-hydrogen) atoms. The predicted octanol–water partition coefficient (Wildman–Crippen LogP) is 3.44. The van der Waals surface area contributed by atoms with Crippen LogP contribution >= 0.6 is 23.8 Å². The summed E-state index contributed by atoms with van der Waals surface area (Å²) in [6.07, 6.45) is 2.88. The number of carbonyl (C=O) groups excluding carboxylic acids is 2. The highest BCUT2D eigenvalue weighted by molar-refractivity contribution is 7.80.